The van der Waals surface area contributed by atoms with Crippen molar-refractivity contribution >= 4 is 36.2 Å². The number of imide groups is 2. The van der Waals surface area contributed by atoms with E-state index in [9.17, 15) is 28.8 Å². The van der Waals surface area contributed by atoms with Gasteiger partial charge in [0.05, 0.1) is 34.8 Å². The summed E-state index contributed by atoms with van der Waals surface area (Å²) in [5.74, 6) is -4.44. The largest absolute Gasteiger partial charge is 0.368 e. The molecule has 1 aromatic rings. The lowest BCUT2D eigenvalue weighted by atomic mass is 9.85. The van der Waals surface area contributed by atoms with Gasteiger partial charge in [0.15, 0.2) is 24.1 Å². The molecule has 1 aromatic carbocycles. The Morgan fingerprint density at radius 2 is 0.917 bits per heavy atom. The van der Waals surface area contributed by atoms with Gasteiger partial charge in [0.1, 0.15) is 0 Å². The van der Waals surface area contributed by atoms with E-state index in [0.29, 0.717) is 22.7 Å². The van der Waals surface area contributed by atoms with Gasteiger partial charge in [-0.2, -0.15) is 0 Å². The average Bonchev–Trinajstić information content (AvgIpc) is 3.72. The number of hydrogen-bond donors (Lipinski definition) is 0. The maximum Gasteiger partial charge on any atom is 0.267 e. The summed E-state index contributed by atoms with van der Waals surface area (Å²) in [5, 5.41) is 1.35. The highest BCUT2D eigenvalue weighted by atomic mass is 16.7. The van der Waals surface area contributed by atoms with E-state index < -0.39 is 47.3 Å². The van der Waals surface area contributed by atoms with Gasteiger partial charge in [-0.3, -0.25) is 28.8 Å². The Hall–Kier alpha value is -4.08. The molecule has 4 unspecified atom stereocenters. The van der Waals surface area contributed by atoms with Crippen molar-refractivity contribution < 1.29 is 38.4 Å². The Kier molecular flexibility index (Phi) is 4.26. The van der Waals surface area contributed by atoms with Crippen molar-refractivity contribution in [2.75, 3.05) is 0 Å². The molecule has 0 aromatic heterocycles. The van der Waals surface area contributed by atoms with Crippen molar-refractivity contribution in [2.45, 2.75) is 12.8 Å². The van der Waals surface area contributed by atoms with Crippen LogP contribution >= 0.6 is 0 Å². The number of hydrogen-bond acceptors (Lipinski definition) is 8. The highest BCUT2D eigenvalue weighted by molar-refractivity contribution is 6.06. The number of hydroxylamine groups is 4. The summed E-state index contributed by atoms with van der Waals surface area (Å²) in [6, 6.07) is 2.31. The van der Waals surface area contributed by atoms with Gasteiger partial charge in [0.2, 0.25) is 0 Å². The van der Waals surface area contributed by atoms with Crippen LogP contribution in [0.25, 0.3) is 0 Å². The van der Waals surface area contributed by atoms with Crippen molar-refractivity contribution in [3.63, 3.8) is 0 Å². The molecular weight excluding hydrogens is 468 g/mol. The van der Waals surface area contributed by atoms with E-state index >= 15 is 0 Å². The van der Waals surface area contributed by atoms with Gasteiger partial charge in [-0.15, -0.1) is 10.1 Å². The molecule has 2 heterocycles. The lowest BCUT2D eigenvalue weighted by molar-refractivity contribution is -0.167. The molecule has 182 valence electrons. The number of aldehydes is 2. The van der Waals surface area contributed by atoms with E-state index in [-0.39, 0.29) is 46.3 Å². The first-order valence-electron chi connectivity index (χ1n) is 12.0. The van der Waals surface area contributed by atoms with Crippen molar-refractivity contribution in [3.05, 3.63) is 47.6 Å². The fourth-order valence-corrected chi connectivity index (χ4v) is 7.06. The average molecular weight is 488 g/mol. The Labute approximate surface area is 204 Å². The molecule has 0 radical (unpaired) electrons. The highest BCUT2D eigenvalue weighted by Crippen LogP contribution is 2.54. The predicted octanol–water partition coefficient (Wildman–Crippen LogP) is 1.51. The summed E-state index contributed by atoms with van der Waals surface area (Å²) in [4.78, 5) is 86.8. The molecular formula is C26H20N2O8. The number of carbonyl (C=O) groups excluding carboxylic acids is 6. The maximum absolute atomic E-state index is 13.0. The number of nitrogens with zero attached hydrogens (tertiary/aromatic N) is 2. The third kappa shape index (κ3) is 2.61. The van der Waals surface area contributed by atoms with E-state index in [0.717, 1.165) is 18.9 Å². The van der Waals surface area contributed by atoms with Gasteiger partial charge < -0.3 is 9.68 Å². The quantitative estimate of drug-likeness (QED) is 0.335. The summed E-state index contributed by atoms with van der Waals surface area (Å²) in [6.45, 7) is 0. The molecule has 4 amide bonds. The number of carbonyl (C=O) groups is 6. The molecule has 7 rings (SSSR count). The molecule has 10 heteroatoms. The van der Waals surface area contributed by atoms with Crippen LogP contribution in [0.1, 0.15) is 33.6 Å². The van der Waals surface area contributed by atoms with Crippen LogP contribution in [0.3, 0.4) is 0 Å². The van der Waals surface area contributed by atoms with Crippen LogP contribution in [-0.2, 0) is 19.2 Å². The molecule has 0 spiro atoms. The number of amides is 4. The first-order valence-corrected chi connectivity index (χ1v) is 12.0. The zero-order valence-electron chi connectivity index (χ0n) is 18.8. The second kappa shape index (κ2) is 7.22. The Bertz CT molecular complexity index is 1190. The van der Waals surface area contributed by atoms with Crippen molar-refractivity contribution in [1.82, 2.24) is 10.1 Å². The van der Waals surface area contributed by atoms with E-state index in [2.05, 4.69) is 0 Å². The van der Waals surface area contributed by atoms with E-state index in [1.54, 1.807) is 0 Å². The lowest BCUT2D eigenvalue weighted by Crippen LogP contribution is -2.37. The summed E-state index contributed by atoms with van der Waals surface area (Å²) in [6.07, 6.45) is 10.1. The molecule has 6 aliphatic rings. The predicted molar refractivity (Wildman–Crippen MR) is 118 cm³/mol. The highest BCUT2D eigenvalue weighted by Gasteiger charge is 2.62. The Morgan fingerprint density at radius 3 is 1.22 bits per heavy atom. The number of fused-ring (bicyclic) bond motifs is 10. The van der Waals surface area contributed by atoms with Crippen LogP contribution in [0, 0.1) is 47.3 Å². The standard InChI is InChI=1S/C26H20N2O8/c29-9-15-7-16(10-30)18(36-28-25(33)21-13-3-4-14(6-13)22(21)26(28)34)8-17(15)35-27-23(31)19-11-1-2-12(5-11)20(19)24(27)32/h1-4,7-14,19-22H,5-6H2/t11-,12+,13-,14+,19?,20?,21?,22?. The summed E-state index contributed by atoms with van der Waals surface area (Å²) in [7, 11) is 0. The second-order valence-electron chi connectivity index (χ2n) is 10.3. The number of rotatable bonds is 6. The topological polar surface area (TPSA) is 127 Å². The summed E-state index contributed by atoms with van der Waals surface area (Å²) < 4.78 is 0. The van der Waals surface area contributed by atoms with Crippen LogP contribution in [0.15, 0.2) is 36.4 Å². The minimum absolute atomic E-state index is 0.0247. The lowest BCUT2D eigenvalue weighted by Gasteiger charge is -2.21. The van der Waals surface area contributed by atoms with Crippen LogP contribution in [0.5, 0.6) is 11.5 Å². The molecule has 8 atom stereocenters. The van der Waals surface area contributed by atoms with Crippen LogP contribution < -0.4 is 9.68 Å². The molecule has 2 saturated heterocycles. The number of benzene rings is 1. The SMILES string of the molecule is O=Cc1cc(C=O)c(ON2C(=O)C3C(C2=O)[C@H]2C=C[C@@H]3C2)cc1ON1C(=O)C2C(C1=O)[C@H]1C=C[C@@H]2C1. The summed E-state index contributed by atoms with van der Waals surface area (Å²) >= 11 is 0. The van der Waals surface area contributed by atoms with E-state index in [1.807, 2.05) is 24.3 Å². The molecule has 10 nitrogen and oxygen atoms in total. The van der Waals surface area contributed by atoms with Gasteiger partial charge in [0.25, 0.3) is 23.6 Å². The Balaban J connectivity index is 1.19. The molecule has 4 fully saturated rings. The van der Waals surface area contributed by atoms with Crippen molar-refractivity contribution in [3.8, 4) is 11.5 Å². The maximum atomic E-state index is 13.0. The molecule has 2 aliphatic heterocycles. The van der Waals surface area contributed by atoms with Gasteiger partial charge in [0, 0.05) is 6.07 Å². The fourth-order valence-electron chi connectivity index (χ4n) is 7.06. The molecule has 0 N–H and O–H groups in total. The van der Waals surface area contributed by atoms with Crippen molar-refractivity contribution in [2.24, 2.45) is 47.3 Å². The van der Waals surface area contributed by atoms with Crippen LogP contribution in [0.2, 0.25) is 0 Å². The van der Waals surface area contributed by atoms with Crippen molar-refractivity contribution in [1.29, 1.82) is 0 Å². The molecule has 4 bridgehead atoms. The van der Waals surface area contributed by atoms with Crippen LogP contribution in [-0.4, -0.2) is 46.3 Å². The van der Waals surface area contributed by atoms with Gasteiger partial charge in [-0.05, 0) is 42.6 Å². The fraction of sp³-hybridized carbons (Fsp3) is 0.385. The zero-order chi connectivity index (χ0) is 24.9. The minimum Gasteiger partial charge on any atom is -0.368 e. The first-order chi connectivity index (χ1) is 17.4. The van der Waals surface area contributed by atoms with Gasteiger partial charge in [-0.1, -0.05) is 24.3 Å². The van der Waals surface area contributed by atoms with Gasteiger partial charge in [-0.25, -0.2) is 0 Å². The number of allylic oxidation sites excluding steroid dienone is 4. The third-order valence-electron chi connectivity index (χ3n) is 8.64. The zero-order valence-corrected chi connectivity index (χ0v) is 18.8. The van der Waals surface area contributed by atoms with E-state index in [4.69, 9.17) is 9.68 Å². The summed E-state index contributed by atoms with van der Waals surface area (Å²) in [5.41, 5.74) is -0.192. The van der Waals surface area contributed by atoms with Crippen LogP contribution in [0.4, 0.5) is 0 Å². The van der Waals surface area contributed by atoms with Gasteiger partial charge >= 0.3 is 0 Å². The monoisotopic (exact) mass is 488 g/mol. The third-order valence-corrected chi connectivity index (χ3v) is 8.64. The van der Waals surface area contributed by atoms with E-state index in [1.165, 1.54) is 6.07 Å². The second-order valence-corrected chi connectivity index (χ2v) is 10.3. The molecule has 36 heavy (non-hydrogen) atoms. The Morgan fingerprint density at radius 1 is 0.583 bits per heavy atom. The smallest absolute Gasteiger partial charge is 0.267 e. The molecule has 4 aliphatic carbocycles. The normalized spacial score (nSPS) is 36.8. The first kappa shape index (κ1) is 21.2. The minimum atomic E-state index is -0.500. The molecule has 2 saturated carbocycles.